The van der Waals surface area contributed by atoms with E-state index in [1.54, 1.807) is 13.8 Å². The Labute approximate surface area is 215 Å². The van der Waals surface area contributed by atoms with Gasteiger partial charge in [0.25, 0.3) is 27.7 Å². The summed E-state index contributed by atoms with van der Waals surface area (Å²) < 4.78 is 32.2. The van der Waals surface area contributed by atoms with Crippen LogP contribution in [0.2, 0.25) is 0 Å². The Morgan fingerprint density at radius 1 is 0.919 bits per heavy atom. The lowest BCUT2D eigenvalue weighted by atomic mass is 9.95. The Bertz CT molecular complexity index is 1240. The SMILES string of the molecule is CC(C)OC(=O)CNC(=O)c1ccc(C(=O)NS(=O)(=O)c2ccc(C(=O)NC3CCCCC3)cc2)cn1. The zero-order valence-corrected chi connectivity index (χ0v) is 21.5. The van der Waals surface area contributed by atoms with Crippen LogP contribution in [0.25, 0.3) is 0 Å². The van der Waals surface area contributed by atoms with Gasteiger partial charge >= 0.3 is 5.97 Å². The zero-order valence-electron chi connectivity index (χ0n) is 20.7. The van der Waals surface area contributed by atoms with E-state index in [4.69, 9.17) is 4.74 Å². The molecular weight excluding hydrogens is 500 g/mol. The highest BCUT2D eigenvalue weighted by atomic mass is 32.2. The van der Waals surface area contributed by atoms with Crippen LogP contribution in [-0.2, 0) is 19.6 Å². The van der Waals surface area contributed by atoms with Crippen molar-refractivity contribution in [2.45, 2.75) is 63.0 Å². The predicted molar refractivity (Wildman–Crippen MR) is 133 cm³/mol. The van der Waals surface area contributed by atoms with Gasteiger partial charge in [0.1, 0.15) is 12.2 Å². The smallest absolute Gasteiger partial charge is 0.325 e. The molecule has 1 fully saturated rings. The maximum absolute atomic E-state index is 12.7. The van der Waals surface area contributed by atoms with E-state index < -0.39 is 27.8 Å². The predicted octanol–water partition coefficient (Wildman–Crippen LogP) is 1.94. The second-order valence-corrected chi connectivity index (χ2v) is 10.6. The number of hydrogen-bond acceptors (Lipinski definition) is 8. The molecule has 1 aliphatic rings. The summed E-state index contributed by atoms with van der Waals surface area (Å²) in [6, 6.07) is 7.87. The van der Waals surface area contributed by atoms with Gasteiger partial charge in [0.15, 0.2) is 0 Å². The molecule has 0 unspecified atom stereocenters. The molecule has 3 N–H and O–H groups in total. The lowest BCUT2D eigenvalue weighted by molar-refractivity contribution is -0.146. The van der Waals surface area contributed by atoms with Gasteiger partial charge in [0, 0.05) is 17.8 Å². The van der Waals surface area contributed by atoms with Crippen LogP contribution in [0, 0.1) is 0 Å². The molecule has 12 heteroatoms. The maximum atomic E-state index is 12.7. The minimum absolute atomic E-state index is 0.0705. The van der Waals surface area contributed by atoms with Gasteiger partial charge in [-0.2, -0.15) is 0 Å². The molecule has 3 rings (SSSR count). The fourth-order valence-electron chi connectivity index (χ4n) is 3.75. The number of nitrogens with zero attached hydrogens (tertiary/aromatic N) is 1. The molecule has 1 heterocycles. The highest BCUT2D eigenvalue weighted by Crippen LogP contribution is 2.18. The number of nitrogens with one attached hydrogen (secondary N) is 3. The number of rotatable bonds is 9. The van der Waals surface area contributed by atoms with E-state index in [0.29, 0.717) is 5.56 Å². The van der Waals surface area contributed by atoms with Crippen LogP contribution < -0.4 is 15.4 Å². The number of carbonyl (C=O) groups excluding carboxylic acids is 4. The van der Waals surface area contributed by atoms with Gasteiger partial charge in [-0.25, -0.2) is 13.1 Å². The third kappa shape index (κ3) is 8.10. The molecule has 1 saturated carbocycles. The molecule has 1 aliphatic carbocycles. The molecule has 37 heavy (non-hydrogen) atoms. The number of pyridine rings is 1. The Hall–Kier alpha value is -3.80. The minimum atomic E-state index is -4.22. The van der Waals surface area contributed by atoms with E-state index >= 15 is 0 Å². The van der Waals surface area contributed by atoms with Gasteiger partial charge < -0.3 is 15.4 Å². The first-order chi connectivity index (χ1) is 17.5. The van der Waals surface area contributed by atoms with Gasteiger partial charge in [-0.05, 0) is 63.1 Å². The van der Waals surface area contributed by atoms with E-state index in [1.807, 2.05) is 4.72 Å². The summed E-state index contributed by atoms with van der Waals surface area (Å²) in [6.45, 7) is 3.01. The van der Waals surface area contributed by atoms with E-state index in [1.165, 1.54) is 36.4 Å². The third-order valence-corrected chi connectivity index (χ3v) is 6.96. The molecule has 1 aromatic heterocycles. The van der Waals surface area contributed by atoms with E-state index in [9.17, 15) is 27.6 Å². The van der Waals surface area contributed by atoms with Crippen molar-refractivity contribution in [3.63, 3.8) is 0 Å². The maximum Gasteiger partial charge on any atom is 0.325 e. The van der Waals surface area contributed by atoms with Crippen LogP contribution in [0.5, 0.6) is 0 Å². The lowest BCUT2D eigenvalue weighted by Crippen LogP contribution is -2.36. The van der Waals surface area contributed by atoms with Crippen LogP contribution in [-0.4, -0.2) is 55.8 Å². The Balaban J connectivity index is 1.57. The van der Waals surface area contributed by atoms with Crippen molar-refractivity contribution in [1.29, 1.82) is 0 Å². The summed E-state index contributed by atoms with van der Waals surface area (Å²) in [7, 11) is -4.22. The number of hydrogen-bond donors (Lipinski definition) is 3. The topological polar surface area (TPSA) is 161 Å². The molecule has 0 spiro atoms. The molecule has 0 radical (unpaired) electrons. The number of aromatic nitrogens is 1. The number of sulfonamides is 1. The second-order valence-electron chi connectivity index (χ2n) is 8.92. The number of esters is 1. The number of carbonyl (C=O) groups is 4. The highest BCUT2D eigenvalue weighted by Gasteiger charge is 2.21. The molecular formula is C25H30N4O7S. The second kappa shape index (κ2) is 12.4. The van der Waals surface area contributed by atoms with E-state index in [0.717, 1.165) is 38.3 Å². The van der Waals surface area contributed by atoms with E-state index in [-0.39, 0.29) is 40.8 Å². The molecule has 1 aromatic carbocycles. The van der Waals surface area contributed by atoms with E-state index in [2.05, 4.69) is 15.6 Å². The van der Waals surface area contributed by atoms with Gasteiger partial charge in [0.2, 0.25) is 0 Å². The van der Waals surface area contributed by atoms with Crippen LogP contribution in [0.4, 0.5) is 0 Å². The monoisotopic (exact) mass is 530 g/mol. The van der Waals surface area contributed by atoms with Gasteiger partial charge in [-0.1, -0.05) is 19.3 Å². The highest BCUT2D eigenvalue weighted by molar-refractivity contribution is 7.90. The fraction of sp³-hybridized carbons (Fsp3) is 0.400. The first kappa shape index (κ1) is 27.8. The zero-order chi connectivity index (χ0) is 27.0. The molecule has 0 aliphatic heterocycles. The summed E-state index contributed by atoms with van der Waals surface area (Å²) in [5, 5.41) is 5.31. The van der Waals surface area contributed by atoms with Gasteiger partial charge in [0.05, 0.1) is 16.6 Å². The average Bonchev–Trinajstić information content (AvgIpc) is 2.87. The van der Waals surface area contributed by atoms with Crippen molar-refractivity contribution in [1.82, 2.24) is 20.3 Å². The summed E-state index contributed by atoms with van der Waals surface area (Å²) in [6.07, 6.45) is 5.89. The van der Waals surface area contributed by atoms with Crippen LogP contribution >= 0.6 is 0 Å². The van der Waals surface area contributed by atoms with Crippen molar-refractivity contribution in [2.75, 3.05) is 6.54 Å². The van der Waals surface area contributed by atoms with Crippen LogP contribution in [0.3, 0.4) is 0 Å². The molecule has 2 aromatic rings. The van der Waals surface area contributed by atoms with Crippen molar-refractivity contribution < 1.29 is 32.3 Å². The Morgan fingerprint density at radius 3 is 2.16 bits per heavy atom. The molecule has 11 nitrogen and oxygen atoms in total. The number of ether oxygens (including phenoxy) is 1. The quantitative estimate of drug-likeness (QED) is 0.415. The van der Waals surface area contributed by atoms with Crippen LogP contribution in [0.1, 0.15) is 77.2 Å². The number of amides is 3. The van der Waals surface area contributed by atoms with Crippen molar-refractivity contribution >= 4 is 33.7 Å². The normalized spacial score (nSPS) is 14.0. The molecule has 0 bridgehead atoms. The standard InChI is InChI=1S/C25H30N4O7S/c1-16(2)36-22(30)15-27-25(33)21-13-10-18(14-26-21)24(32)29-37(34,35)20-11-8-17(9-12-20)23(31)28-19-6-4-3-5-7-19/h8-14,16,19H,3-7,15H2,1-2H3,(H,27,33)(H,28,31)(H,29,32). The Kier molecular flexibility index (Phi) is 9.34. The summed E-state index contributed by atoms with van der Waals surface area (Å²) in [5.74, 6) is -2.48. The fourth-order valence-corrected chi connectivity index (χ4v) is 4.73. The van der Waals surface area contributed by atoms with Crippen molar-refractivity contribution in [3.05, 3.63) is 59.4 Å². The molecule has 3 amide bonds. The first-order valence-electron chi connectivity index (χ1n) is 12.0. The first-order valence-corrected chi connectivity index (χ1v) is 13.5. The largest absolute Gasteiger partial charge is 0.462 e. The lowest BCUT2D eigenvalue weighted by Gasteiger charge is -2.22. The Morgan fingerprint density at radius 2 is 1.57 bits per heavy atom. The average molecular weight is 531 g/mol. The molecule has 198 valence electrons. The van der Waals surface area contributed by atoms with Gasteiger partial charge in [-0.15, -0.1) is 0 Å². The summed E-state index contributed by atoms with van der Waals surface area (Å²) in [5.41, 5.74) is 0.160. The molecule has 0 saturated heterocycles. The van der Waals surface area contributed by atoms with Crippen molar-refractivity contribution in [3.8, 4) is 0 Å². The third-order valence-electron chi connectivity index (χ3n) is 5.61. The minimum Gasteiger partial charge on any atom is -0.462 e. The van der Waals surface area contributed by atoms with Crippen molar-refractivity contribution in [2.24, 2.45) is 0 Å². The number of benzene rings is 1. The summed E-state index contributed by atoms with van der Waals surface area (Å²) >= 11 is 0. The van der Waals surface area contributed by atoms with Crippen LogP contribution in [0.15, 0.2) is 47.5 Å². The van der Waals surface area contributed by atoms with Gasteiger partial charge in [-0.3, -0.25) is 24.2 Å². The molecule has 0 atom stereocenters. The summed E-state index contributed by atoms with van der Waals surface area (Å²) in [4.78, 5) is 52.2.